The van der Waals surface area contributed by atoms with Gasteiger partial charge < -0.3 is 24.2 Å². The van der Waals surface area contributed by atoms with Crippen molar-refractivity contribution in [2.24, 2.45) is 0 Å². The summed E-state index contributed by atoms with van der Waals surface area (Å²) in [5, 5.41) is 10.8. The summed E-state index contributed by atoms with van der Waals surface area (Å²) in [6.07, 6.45) is 7.03. The Bertz CT molecular complexity index is 1130. The Hall–Kier alpha value is -3.17. The molecule has 1 aliphatic carbocycles. The molecule has 1 aliphatic heterocycles. The lowest BCUT2D eigenvalue weighted by Crippen LogP contribution is -2.59. The van der Waals surface area contributed by atoms with Crippen molar-refractivity contribution in [2.75, 3.05) is 18.0 Å². The number of aldehydes is 1. The number of carboxylic acids is 1. The van der Waals surface area contributed by atoms with Gasteiger partial charge in [0.1, 0.15) is 28.9 Å². The van der Waals surface area contributed by atoms with E-state index in [2.05, 4.69) is 14.9 Å². The number of piperazine rings is 1. The van der Waals surface area contributed by atoms with Crippen LogP contribution in [0.15, 0.2) is 12.5 Å². The summed E-state index contributed by atoms with van der Waals surface area (Å²) in [5.41, 5.74) is -0.888. The van der Waals surface area contributed by atoms with Gasteiger partial charge in [0.05, 0.1) is 5.39 Å². The van der Waals surface area contributed by atoms with Gasteiger partial charge in [-0.05, 0) is 47.5 Å². The molecule has 10 nitrogen and oxygen atoms in total. The lowest BCUT2D eigenvalue weighted by molar-refractivity contribution is -0.149. The number of hydrogen-bond donors (Lipinski definition) is 1. The SMILES string of the molecule is C[C@@H]1CN(c2ncnc3c2c(C=O)cn3C2(C(=O)O)CCCCC2)[C@@H](C)CN1C(=O)OC(C)(C)C. The van der Waals surface area contributed by atoms with Crippen LogP contribution in [-0.4, -0.2) is 73.7 Å². The average molecular weight is 486 g/mol. The van der Waals surface area contributed by atoms with Crippen LogP contribution in [0.2, 0.25) is 0 Å². The number of ether oxygens (including phenoxy) is 1. The van der Waals surface area contributed by atoms with Crippen LogP contribution >= 0.6 is 0 Å². The fourth-order valence-corrected chi connectivity index (χ4v) is 5.40. The number of rotatable bonds is 4. The van der Waals surface area contributed by atoms with E-state index < -0.39 is 17.1 Å². The van der Waals surface area contributed by atoms with Gasteiger partial charge in [0, 0.05) is 36.9 Å². The molecule has 3 heterocycles. The van der Waals surface area contributed by atoms with E-state index in [4.69, 9.17) is 4.74 Å². The van der Waals surface area contributed by atoms with E-state index in [0.717, 1.165) is 25.5 Å². The first kappa shape index (κ1) is 24.9. The second kappa shape index (κ2) is 9.13. The van der Waals surface area contributed by atoms with Gasteiger partial charge in [-0.3, -0.25) is 4.79 Å². The van der Waals surface area contributed by atoms with Crippen molar-refractivity contribution in [3.63, 3.8) is 0 Å². The summed E-state index contributed by atoms with van der Waals surface area (Å²) >= 11 is 0. The lowest BCUT2D eigenvalue weighted by atomic mass is 9.81. The molecule has 0 spiro atoms. The van der Waals surface area contributed by atoms with Crippen LogP contribution in [0.5, 0.6) is 0 Å². The van der Waals surface area contributed by atoms with Crippen molar-refractivity contribution in [3.05, 3.63) is 18.1 Å². The van der Waals surface area contributed by atoms with Crippen molar-refractivity contribution in [1.82, 2.24) is 19.4 Å². The first-order valence-electron chi connectivity index (χ1n) is 12.3. The second-order valence-corrected chi connectivity index (χ2v) is 10.8. The fraction of sp³-hybridized carbons (Fsp3) is 0.640. The zero-order valence-electron chi connectivity index (χ0n) is 21.2. The molecule has 0 bridgehead atoms. The molecule has 2 atom stereocenters. The summed E-state index contributed by atoms with van der Waals surface area (Å²) in [4.78, 5) is 50.2. The monoisotopic (exact) mass is 485 g/mol. The number of aromatic nitrogens is 3. The van der Waals surface area contributed by atoms with Crippen LogP contribution in [-0.2, 0) is 15.1 Å². The quantitative estimate of drug-likeness (QED) is 0.650. The molecule has 2 aromatic heterocycles. The molecule has 190 valence electrons. The third kappa shape index (κ3) is 4.46. The van der Waals surface area contributed by atoms with Gasteiger partial charge in [-0.1, -0.05) is 19.3 Å². The minimum Gasteiger partial charge on any atom is -0.479 e. The van der Waals surface area contributed by atoms with Gasteiger partial charge in [-0.25, -0.2) is 19.6 Å². The number of carbonyl (C=O) groups excluding carboxylic acids is 2. The highest BCUT2D eigenvalue weighted by molar-refractivity contribution is 6.03. The molecule has 35 heavy (non-hydrogen) atoms. The average Bonchev–Trinajstić information content (AvgIpc) is 3.19. The maximum atomic E-state index is 12.8. The van der Waals surface area contributed by atoms with Crippen molar-refractivity contribution >= 4 is 35.2 Å². The van der Waals surface area contributed by atoms with Gasteiger partial charge in [0.2, 0.25) is 0 Å². The predicted octanol–water partition coefficient (Wildman–Crippen LogP) is 3.82. The molecular formula is C25H35N5O5. The Morgan fingerprint density at radius 2 is 1.80 bits per heavy atom. The number of aliphatic carboxylic acids is 1. The number of nitrogens with zero attached hydrogens (tertiary/aromatic N) is 5. The van der Waals surface area contributed by atoms with E-state index >= 15 is 0 Å². The van der Waals surface area contributed by atoms with Gasteiger partial charge in [0.25, 0.3) is 0 Å². The summed E-state index contributed by atoms with van der Waals surface area (Å²) in [6, 6.07) is -0.265. The number of carboxylic acid groups (broad SMARTS) is 1. The summed E-state index contributed by atoms with van der Waals surface area (Å²) in [7, 11) is 0. The Morgan fingerprint density at radius 3 is 2.40 bits per heavy atom. The molecule has 1 N–H and O–H groups in total. The van der Waals surface area contributed by atoms with E-state index in [9.17, 15) is 19.5 Å². The highest BCUT2D eigenvalue weighted by Crippen LogP contribution is 2.40. The molecule has 2 fully saturated rings. The topological polar surface area (TPSA) is 118 Å². The Balaban J connectivity index is 1.74. The molecule has 2 aliphatic rings. The maximum Gasteiger partial charge on any atom is 0.410 e. The summed E-state index contributed by atoms with van der Waals surface area (Å²) in [5.74, 6) is -0.324. The predicted molar refractivity (Wildman–Crippen MR) is 131 cm³/mol. The highest BCUT2D eigenvalue weighted by Gasteiger charge is 2.44. The highest BCUT2D eigenvalue weighted by atomic mass is 16.6. The Labute approximate surface area is 205 Å². The van der Waals surface area contributed by atoms with Gasteiger partial charge >= 0.3 is 12.1 Å². The zero-order chi connectivity index (χ0) is 25.5. The molecule has 0 unspecified atom stereocenters. The minimum absolute atomic E-state index is 0.109. The molecule has 4 rings (SSSR count). The first-order valence-corrected chi connectivity index (χ1v) is 12.3. The van der Waals surface area contributed by atoms with Crippen LogP contribution in [0.3, 0.4) is 0 Å². The number of carbonyl (C=O) groups is 3. The van der Waals surface area contributed by atoms with Gasteiger partial charge in [0.15, 0.2) is 6.29 Å². The maximum absolute atomic E-state index is 12.8. The van der Waals surface area contributed by atoms with Crippen molar-refractivity contribution in [3.8, 4) is 0 Å². The summed E-state index contributed by atoms with van der Waals surface area (Å²) < 4.78 is 7.27. The van der Waals surface area contributed by atoms with Crippen LogP contribution in [0.25, 0.3) is 11.0 Å². The van der Waals surface area contributed by atoms with E-state index in [0.29, 0.717) is 48.3 Å². The Kier molecular flexibility index (Phi) is 6.50. The standard InChI is InChI=1S/C25H35N5O5/c1-16-12-29(23(34)35-24(3,4)5)17(2)11-28(16)20-19-18(14-31)13-30(21(19)27-15-26-20)25(22(32)33)9-7-6-8-10-25/h13-17H,6-12H2,1-5H3,(H,32,33)/t16-,17+/m0/s1. The molecular weight excluding hydrogens is 450 g/mol. The zero-order valence-corrected chi connectivity index (χ0v) is 21.2. The molecule has 1 saturated carbocycles. The van der Waals surface area contributed by atoms with Crippen LogP contribution < -0.4 is 4.90 Å². The van der Waals surface area contributed by atoms with Crippen molar-refractivity contribution in [2.45, 2.75) is 89.9 Å². The van der Waals surface area contributed by atoms with Crippen LogP contribution in [0.4, 0.5) is 10.6 Å². The normalized spacial score (nSPS) is 22.8. The van der Waals surface area contributed by atoms with Gasteiger partial charge in [-0.2, -0.15) is 0 Å². The second-order valence-electron chi connectivity index (χ2n) is 10.8. The van der Waals surface area contributed by atoms with Gasteiger partial charge in [-0.15, -0.1) is 0 Å². The molecule has 1 amide bonds. The molecule has 0 aromatic carbocycles. The lowest BCUT2D eigenvalue weighted by Gasteiger charge is -2.44. The first-order chi connectivity index (χ1) is 16.5. The molecule has 10 heteroatoms. The van der Waals surface area contributed by atoms with E-state index in [-0.39, 0.29) is 18.2 Å². The minimum atomic E-state index is -1.13. The van der Waals surface area contributed by atoms with E-state index in [1.807, 2.05) is 34.6 Å². The number of fused-ring (bicyclic) bond motifs is 1. The summed E-state index contributed by atoms with van der Waals surface area (Å²) in [6.45, 7) is 10.4. The third-order valence-electron chi connectivity index (χ3n) is 7.15. The van der Waals surface area contributed by atoms with Crippen molar-refractivity contribution < 1.29 is 24.2 Å². The number of hydrogen-bond acceptors (Lipinski definition) is 7. The number of anilines is 1. The Morgan fingerprint density at radius 1 is 1.11 bits per heavy atom. The largest absolute Gasteiger partial charge is 0.479 e. The number of amides is 1. The van der Waals surface area contributed by atoms with Crippen molar-refractivity contribution in [1.29, 1.82) is 0 Å². The molecule has 2 aromatic rings. The van der Waals surface area contributed by atoms with Crippen LogP contribution in [0.1, 0.15) is 77.1 Å². The van der Waals surface area contributed by atoms with E-state index in [1.54, 1.807) is 15.7 Å². The smallest absolute Gasteiger partial charge is 0.410 e. The van der Waals surface area contributed by atoms with Crippen LogP contribution in [0, 0.1) is 0 Å². The molecule has 0 radical (unpaired) electrons. The van der Waals surface area contributed by atoms with E-state index in [1.165, 1.54) is 6.33 Å². The molecule has 1 saturated heterocycles. The fourth-order valence-electron chi connectivity index (χ4n) is 5.40. The third-order valence-corrected chi connectivity index (χ3v) is 7.15.